The molecule has 0 spiro atoms. The number of aryl methyl sites for hydroxylation is 1. The lowest BCUT2D eigenvalue weighted by atomic mass is 10.1. The van der Waals surface area contributed by atoms with Gasteiger partial charge < -0.3 is 10.0 Å². The van der Waals surface area contributed by atoms with Crippen molar-refractivity contribution in [2.75, 3.05) is 13.1 Å². The summed E-state index contributed by atoms with van der Waals surface area (Å²) in [6.45, 7) is 2.29. The number of benzene rings is 2. The fourth-order valence-electron chi connectivity index (χ4n) is 2.65. The highest BCUT2D eigenvalue weighted by Crippen LogP contribution is 2.26. The molecular weight excluding hydrogens is 304 g/mol. The van der Waals surface area contributed by atoms with E-state index >= 15 is 0 Å². The van der Waals surface area contributed by atoms with Crippen molar-refractivity contribution in [2.24, 2.45) is 0 Å². The van der Waals surface area contributed by atoms with Crippen molar-refractivity contribution in [3.63, 3.8) is 0 Å². The molecule has 0 bridgehead atoms. The molecule has 1 fully saturated rings. The van der Waals surface area contributed by atoms with Crippen LogP contribution >= 0.6 is 0 Å². The molecule has 1 heterocycles. The Balaban J connectivity index is 1.91. The third-order valence-electron chi connectivity index (χ3n) is 3.87. The smallest absolute Gasteiger partial charge is 0.407 e. The minimum absolute atomic E-state index is 0.179. The van der Waals surface area contributed by atoms with Crippen LogP contribution in [0, 0.1) is 6.92 Å². The molecule has 6 nitrogen and oxygen atoms in total. The molecule has 0 unspecified atom stereocenters. The monoisotopic (exact) mass is 320 g/mol. The third-order valence-corrected chi connectivity index (χ3v) is 5.44. The molecule has 1 aliphatic heterocycles. The Kier molecular flexibility index (Phi) is 3.54. The van der Waals surface area contributed by atoms with Gasteiger partial charge in [-0.2, -0.15) is 0 Å². The lowest BCUT2D eigenvalue weighted by Gasteiger charge is -2.37. The second-order valence-electron chi connectivity index (χ2n) is 5.43. The highest BCUT2D eigenvalue weighted by atomic mass is 32.2. The fraction of sp³-hybridized carbons (Fsp3) is 0.267. The number of hydrogen-bond acceptors (Lipinski definition) is 3. The average Bonchev–Trinajstić information content (AvgIpc) is 2.42. The van der Waals surface area contributed by atoms with Crippen LogP contribution in [0.25, 0.3) is 10.8 Å². The van der Waals surface area contributed by atoms with Gasteiger partial charge in [0, 0.05) is 18.5 Å². The molecule has 22 heavy (non-hydrogen) atoms. The molecule has 1 saturated heterocycles. The first-order valence-corrected chi connectivity index (χ1v) is 8.35. The van der Waals surface area contributed by atoms with Crippen LogP contribution in [-0.2, 0) is 10.0 Å². The van der Waals surface area contributed by atoms with Crippen molar-refractivity contribution in [1.29, 1.82) is 0 Å². The lowest BCUT2D eigenvalue weighted by molar-refractivity contribution is 0.102. The van der Waals surface area contributed by atoms with Crippen LogP contribution < -0.4 is 4.72 Å². The first-order chi connectivity index (χ1) is 10.4. The number of amides is 1. The highest BCUT2D eigenvalue weighted by Gasteiger charge is 2.34. The molecule has 0 radical (unpaired) electrons. The number of nitrogens with zero attached hydrogens (tertiary/aromatic N) is 1. The number of rotatable bonds is 3. The predicted octanol–water partition coefficient (Wildman–Crippen LogP) is 1.79. The lowest BCUT2D eigenvalue weighted by Crippen LogP contribution is -2.60. The Morgan fingerprint density at radius 2 is 1.82 bits per heavy atom. The van der Waals surface area contributed by atoms with E-state index < -0.39 is 16.1 Å². The zero-order valence-electron chi connectivity index (χ0n) is 12.0. The molecule has 2 N–H and O–H groups in total. The molecule has 1 aliphatic rings. The van der Waals surface area contributed by atoms with Gasteiger partial charge in [-0.05, 0) is 23.9 Å². The Morgan fingerprint density at radius 3 is 2.45 bits per heavy atom. The van der Waals surface area contributed by atoms with Crippen molar-refractivity contribution in [3.8, 4) is 0 Å². The minimum Gasteiger partial charge on any atom is -0.465 e. The largest absolute Gasteiger partial charge is 0.465 e. The van der Waals surface area contributed by atoms with Gasteiger partial charge in [0.05, 0.1) is 10.9 Å². The van der Waals surface area contributed by atoms with Gasteiger partial charge in [0.2, 0.25) is 10.0 Å². The van der Waals surface area contributed by atoms with Gasteiger partial charge in [0.15, 0.2) is 0 Å². The predicted molar refractivity (Wildman–Crippen MR) is 82.4 cm³/mol. The zero-order valence-corrected chi connectivity index (χ0v) is 12.8. The van der Waals surface area contributed by atoms with E-state index in [0.717, 1.165) is 10.9 Å². The van der Waals surface area contributed by atoms with E-state index in [2.05, 4.69) is 4.72 Å². The average molecular weight is 320 g/mol. The van der Waals surface area contributed by atoms with E-state index in [-0.39, 0.29) is 24.0 Å². The molecule has 0 saturated carbocycles. The Labute approximate surface area is 128 Å². The number of sulfonamides is 1. The van der Waals surface area contributed by atoms with Crippen LogP contribution in [0.5, 0.6) is 0 Å². The molecule has 0 aromatic heterocycles. The van der Waals surface area contributed by atoms with Crippen LogP contribution in [0.4, 0.5) is 4.79 Å². The van der Waals surface area contributed by atoms with Crippen LogP contribution in [0.1, 0.15) is 5.56 Å². The van der Waals surface area contributed by atoms with E-state index in [1.807, 2.05) is 19.1 Å². The van der Waals surface area contributed by atoms with Crippen LogP contribution in [0.15, 0.2) is 41.3 Å². The van der Waals surface area contributed by atoms with Gasteiger partial charge in [0.1, 0.15) is 0 Å². The summed E-state index contributed by atoms with van der Waals surface area (Å²) in [5, 5.41) is 10.4. The molecular formula is C15H16N2O4S. The Bertz CT molecular complexity index is 842. The van der Waals surface area contributed by atoms with Gasteiger partial charge >= 0.3 is 6.09 Å². The van der Waals surface area contributed by atoms with Gasteiger partial charge in [-0.1, -0.05) is 30.3 Å². The molecule has 3 rings (SSSR count). The van der Waals surface area contributed by atoms with Crippen molar-refractivity contribution < 1.29 is 18.3 Å². The van der Waals surface area contributed by atoms with Gasteiger partial charge in [-0.25, -0.2) is 17.9 Å². The molecule has 1 amide bonds. The maximum absolute atomic E-state index is 12.6. The summed E-state index contributed by atoms with van der Waals surface area (Å²) in [4.78, 5) is 12.1. The summed E-state index contributed by atoms with van der Waals surface area (Å²) >= 11 is 0. The van der Waals surface area contributed by atoms with Crippen molar-refractivity contribution in [1.82, 2.24) is 9.62 Å². The third kappa shape index (κ3) is 2.53. The second kappa shape index (κ2) is 5.26. The first kappa shape index (κ1) is 14.8. The summed E-state index contributed by atoms with van der Waals surface area (Å²) in [6, 6.07) is 10.3. The van der Waals surface area contributed by atoms with E-state index in [1.165, 1.54) is 4.90 Å². The maximum Gasteiger partial charge on any atom is 0.407 e. The normalized spacial score (nSPS) is 15.8. The van der Waals surface area contributed by atoms with E-state index in [4.69, 9.17) is 5.11 Å². The molecule has 7 heteroatoms. The topological polar surface area (TPSA) is 86.7 Å². The molecule has 0 atom stereocenters. The van der Waals surface area contributed by atoms with Gasteiger partial charge in [-0.3, -0.25) is 0 Å². The maximum atomic E-state index is 12.6. The second-order valence-corrected chi connectivity index (χ2v) is 7.11. The SMILES string of the molecule is Cc1ccc(S(=O)(=O)NC2CN(C(=O)O)C2)c2ccccc12. The van der Waals surface area contributed by atoms with E-state index in [9.17, 15) is 13.2 Å². The molecule has 0 aliphatic carbocycles. The molecule has 2 aromatic rings. The van der Waals surface area contributed by atoms with E-state index in [0.29, 0.717) is 5.39 Å². The Morgan fingerprint density at radius 1 is 1.18 bits per heavy atom. The van der Waals surface area contributed by atoms with Crippen LogP contribution in [0.3, 0.4) is 0 Å². The molecule has 2 aromatic carbocycles. The molecule has 116 valence electrons. The van der Waals surface area contributed by atoms with Crippen LogP contribution in [0.2, 0.25) is 0 Å². The highest BCUT2D eigenvalue weighted by molar-refractivity contribution is 7.89. The van der Waals surface area contributed by atoms with Gasteiger partial charge in [0.25, 0.3) is 0 Å². The number of nitrogens with one attached hydrogen (secondary N) is 1. The summed E-state index contributed by atoms with van der Waals surface area (Å²) in [5.74, 6) is 0. The van der Waals surface area contributed by atoms with Crippen molar-refractivity contribution >= 4 is 26.9 Å². The summed E-state index contributed by atoms with van der Waals surface area (Å²) < 4.78 is 27.7. The van der Waals surface area contributed by atoms with E-state index in [1.54, 1.807) is 24.3 Å². The number of likely N-dealkylation sites (tertiary alicyclic amines) is 1. The van der Waals surface area contributed by atoms with Crippen molar-refractivity contribution in [3.05, 3.63) is 42.0 Å². The minimum atomic E-state index is -3.68. The fourth-order valence-corrected chi connectivity index (χ4v) is 4.08. The van der Waals surface area contributed by atoms with Crippen molar-refractivity contribution in [2.45, 2.75) is 17.9 Å². The summed E-state index contributed by atoms with van der Waals surface area (Å²) in [5.41, 5.74) is 1.01. The standard InChI is InChI=1S/C15H16N2O4S/c1-10-6-7-14(13-5-3-2-4-12(10)13)22(20,21)16-11-8-17(9-11)15(18)19/h2-7,11,16H,8-9H2,1H3,(H,18,19). The van der Waals surface area contributed by atoms with Gasteiger partial charge in [-0.15, -0.1) is 0 Å². The Hall–Kier alpha value is -2.12. The first-order valence-electron chi connectivity index (χ1n) is 6.87. The quantitative estimate of drug-likeness (QED) is 0.902. The summed E-state index contributed by atoms with van der Waals surface area (Å²) in [6.07, 6.45) is -1.03. The number of carboxylic acid groups (broad SMARTS) is 1. The number of carbonyl (C=O) groups is 1. The summed E-state index contributed by atoms with van der Waals surface area (Å²) in [7, 11) is -3.68. The van der Waals surface area contributed by atoms with Crippen LogP contribution in [-0.4, -0.2) is 43.6 Å². The number of hydrogen-bond donors (Lipinski definition) is 2. The zero-order chi connectivity index (χ0) is 15.9. The number of fused-ring (bicyclic) bond motifs is 1.